The smallest absolute Gasteiger partial charge is 0.296 e. The summed E-state index contributed by atoms with van der Waals surface area (Å²) in [5, 5.41) is 20.9. The van der Waals surface area contributed by atoms with Crippen molar-refractivity contribution in [2.75, 3.05) is 0 Å². The number of pyridine rings is 1. The molecule has 10 nitrogen and oxygen atoms in total. The van der Waals surface area contributed by atoms with Crippen molar-refractivity contribution in [3.8, 4) is 23.1 Å². The van der Waals surface area contributed by atoms with Crippen LogP contribution < -0.4 is 11.3 Å². The lowest BCUT2D eigenvalue weighted by atomic mass is 10.0. The molecule has 0 saturated heterocycles. The number of benzene rings is 2. The molecule has 2 heterocycles. The molecule has 1 saturated carbocycles. The van der Waals surface area contributed by atoms with Crippen LogP contribution in [-0.2, 0) is 16.3 Å². The van der Waals surface area contributed by atoms with E-state index in [0.29, 0.717) is 46.8 Å². The van der Waals surface area contributed by atoms with Crippen molar-refractivity contribution in [2.45, 2.75) is 48.4 Å². The van der Waals surface area contributed by atoms with E-state index in [1.807, 2.05) is 6.92 Å². The minimum Gasteiger partial charge on any atom is -0.493 e. The molecular weight excluding hydrogens is 542 g/mol. The zero-order valence-electron chi connectivity index (χ0n) is 22.2. The average Bonchev–Trinajstić information content (AvgIpc) is 3.79. The molecular formula is C30H27N5O5S. The second-order valence-electron chi connectivity index (χ2n) is 9.98. The van der Waals surface area contributed by atoms with Gasteiger partial charge in [0, 0.05) is 29.9 Å². The maximum absolute atomic E-state index is 13.8. The second kappa shape index (κ2) is 11.0. The SMILES string of the molecule is CCC(c1cccc(C#N)c1)n1c(CC2CC2)nc(=O)c(S(=O)(=O)c2ccc(-c3cnccc3C(N)=O)cc2)c1O. The molecule has 3 N–H and O–H groups in total. The molecule has 1 aliphatic rings. The molecule has 0 aliphatic heterocycles. The number of sulfone groups is 1. The van der Waals surface area contributed by atoms with Gasteiger partial charge in [-0.15, -0.1) is 0 Å². The van der Waals surface area contributed by atoms with E-state index < -0.39 is 38.1 Å². The Morgan fingerprint density at radius 3 is 2.56 bits per heavy atom. The van der Waals surface area contributed by atoms with E-state index >= 15 is 0 Å². The summed E-state index contributed by atoms with van der Waals surface area (Å²) < 4.78 is 29.0. The number of amides is 1. The predicted molar refractivity (Wildman–Crippen MR) is 150 cm³/mol. The van der Waals surface area contributed by atoms with Gasteiger partial charge in [0.25, 0.3) is 5.56 Å². The Labute approximate surface area is 236 Å². The topological polar surface area (TPSA) is 169 Å². The van der Waals surface area contributed by atoms with E-state index in [1.54, 1.807) is 24.3 Å². The summed E-state index contributed by atoms with van der Waals surface area (Å²) in [5.41, 5.74) is 6.66. The van der Waals surface area contributed by atoms with Gasteiger partial charge in [0.15, 0.2) is 4.90 Å². The van der Waals surface area contributed by atoms with E-state index in [-0.39, 0.29) is 10.5 Å². The Morgan fingerprint density at radius 2 is 1.93 bits per heavy atom. The predicted octanol–water partition coefficient (Wildman–Crippen LogP) is 3.77. The van der Waals surface area contributed by atoms with Crippen molar-refractivity contribution in [2.24, 2.45) is 11.7 Å². The fourth-order valence-corrected chi connectivity index (χ4v) is 6.33. The zero-order chi connectivity index (χ0) is 29.3. The summed E-state index contributed by atoms with van der Waals surface area (Å²) in [4.78, 5) is 32.2. The van der Waals surface area contributed by atoms with Gasteiger partial charge in [0.2, 0.25) is 21.6 Å². The second-order valence-corrected chi connectivity index (χ2v) is 11.9. The highest BCUT2D eigenvalue weighted by Gasteiger charge is 2.34. The third-order valence-corrected chi connectivity index (χ3v) is 9.02. The molecule has 0 bridgehead atoms. The van der Waals surface area contributed by atoms with E-state index in [4.69, 9.17) is 5.73 Å². The average molecular weight is 570 g/mol. The van der Waals surface area contributed by atoms with Gasteiger partial charge in [0.1, 0.15) is 5.82 Å². The molecule has 5 rings (SSSR count). The van der Waals surface area contributed by atoms with Crippen LogP contribution in [0.1, 0.15) is 59.5 Å². The number of aromatic nitrogens is 3. The van der Waals surface area contributed by atoms with Crippen LogP contribution in [0.15, 0.2) is 81.6 Å². The van der Waals surface area contributed by atoms with Gasteiger partial charge in [0.05, 0.1) is 22.6 Å². The van der Waals surface area contributed by atoms with Gasteiger partial charge in [-0.2, -0.15) is 10.2 Å². The van der Waals surface area contributed by atoms with Crippen LogP contribution in [0, 0.1) is 17.2 Å². The van der Waals surface area contributed by atoms with Crippen LogP contribution in [0.3, 0.4) is 0 Å². The van der Waals surface area contributed by atoms with Crippen LogP contribution in [-0.4, -0.2) is 34.0 Å². The van der Waals surface area contributed by atoms with Crippen molar-refractivity contribution in [1.82, 2.24) is 14.5 Å². The summed E-state index contributed by atoms with van der Waals surface area (Å²) in [6.45, 7) is 1.87. The molecule has 11 heteroatoms. The number of nitrogens with two attached hydrogens (primary N) is 1. The standard InChI is InChI=1S/C30H27N5O5S/c1-2-25(21-5-3-4-19(14-21)16-31)35-26(15-18-6-7-18)34-29(37)27(30(35)38)41(39,40)22-10-8-20(9-11-22)24-17-33-13-12-23(24)28(32)36/h3-5,8-14,17-18,25,38H,2,6-7,15H2,1H3,(H2,32,36). The maximum Gasteiger partial charge on any atom is 0.296 e. The van der Waals surface area contributed by atoms with E-state index in [0.717, 1.165) is 12.8 Å². The van der Waals surface area contributed by atoms with Crippen LogP contribution >= 0.6 is 0 Å². The summed E-state index contributed by atoms with van der Waals surface area (Å²) in [7, 11) is -4.52. The third-order valence-electron chi connectivity index (χ3n) is 7.23. The summed E-state index contributed by atoms with van der Waals surface area (Å²) in [5.74, 6) is -0.757. The van der Waals surface area contributed by atoms with Crippen LogP contribution in [0.4, 0.5) is 0 Å². The molecule has 1 amide bonds. The molecule has 4 aromatic rings. The van der Waals surface area contributed by atoms with Crippen molar-refractivity contribution in [1.29, 1.82) is 5.26 Å². The molecule has 41 heavy (non-hydrogen) atoms. The fraction of sp³-hybridized carbons (Fsp3) is 0.233. The number of carbonyl (C=O) groups is 1. The van der Waals surface area contributed by atoms with Crippen molar-refractivity contribution >= 4 is 15.7 Å². The van der Waals surface area contributed by atoms with Crippen molar-refractivity contribution in [3.05, 3.63) is 99.9 Å². The van der Waals surface area contributed by atoms with Gasteiger partial charge in [-0.05, 0) is 66.6 Å². The molecule has 1 fully saturated rings. The number of nitrogens with zero attached hydrogens (tertiary/aromatic N) is 4. The molecule has 2 aromatic carbocycles. The number of carbonyl (C=O) groups excluding carboxylic acids is 1. The maximum atomic E-state index is 13.8. The Bertz CT molecular complexity index is 1860. The Hall–Kier alpha value is -4.82. The number of nitriles is 1. The molecule has 1 atom stereocenters. The van der Waals surface area contributed by atoms with Gasteiger partial charge in [-0.1, -0.05) is 31.2 Å². The molecule has 1 unspecified atom stereocenters. The van der Waals surface area contributed by atoms with Crippen LogP contribution in [0.5, 0.6) is 5.88 Å². The normalized spacial score (nSPS) is 13.9. The quantitative estimate of drug-likeness (QED) is 0.307. The first-order valence-electron chi connectivity index (χ1n) is 13.1. The van der Waals surface area contributed by atoms with E-state index in [1.165, 1.54) is 47.3 Å². The van der Waals surface area contributed by atoms with Gasteiger partial charge >= 0.3 is 0 Å². The number of hydrogen-bond donors (Lipinski definition) is 2. The first-order valence-corrected chi connectivity index (χ1v) is 14.6. The first-order chi connectivity index (χ1) is 19.6. The number of hydrogen-bond acceptors (Lipinski definition) is 8. The van der Waals surface area contributed by atoms with E-state index in [9.17, 15) is 28.4 Å². The number of aromatic hydroxyl groups is 1. The Morgan fingerprint density at radius 1 is 1.20 bits per heavy atom. The monoisotopic (exact) mass is 569 g/mol. The van der Waals surface area contributed by atoms with Crippen LogP contribution in [0.2, 0.25) is 0 Å². The molecule has 2 aromatic heterocycles. The molecule has 208 valence electrons. The molecule has 0 spiro atoms. The third kappa shape index (κ3) is 5.34. The van der Waals surface area contributed by atoms with E-state index in [2.05, 4.69) is 16.0 Å². The number of rotatable bonds is 9. The molecule has 1 aliphatic carbocycles. The fourth-order valence-electron chi connectivity index (χ4n) is 4.99. The minimum atomic E-state index is -4.52. The van der Waals surface area contributed by atoms with Crippen molar-refractivity contribution < 1.29 is 18.3 Å². The largest absolute Gasteiger partial charge is 0.493 e. The lowest BCUT2D eigenvalue weighted by molar-refractivity contribution is 0.100. The lowest BCUT2D eigenvalue weighted by Gasteiger charge is -2.25. The molecule has 0 radical (unpaired) electrons. The van der Waals surface area contributed by atoms with Crippen molar-refractivity contribution in [3.63, 3.8) is 0 Å². The highest BCUT2D eigenvalue weighted by atomic mass is 32.2. The van der Waals surface area contributed by atoms with Crippen LogP contribution in [0.25, 0.3) is 11.1 Å². The van der Waals surface area contributed by atoms with Gasteiger partial charge in [-0.3, -0.25) is 19.1 Å². The van der Waals surface area contributed by atoms with Gasteiger partial charge in [-0.25, -0.2) is 8.42 Å². The highest BCUT2D eigenvalue weighted by Crippen LogP contribution is 2.37. The lowest BCUT2D eigenvalue weighted by Crippen LogP contribution is -2.27. The minimum absolute atomic E-state index is 0.220. The summed E-state index contributed by atoms with van der Waals surface area (Å²) >= 11 is 0. The first kappa shape index (κ1) is 27.7. The highest BCUT2D eigenvalue weighted by molar-refractivity contribution is 7.91. The summed E-state index contributed by atoms with van der Waals surface area (Å²) in [6, 6.07) is 15.4. The van der Waals surface area contributed by atoms with Gasteiger partial charge < -0.3 is 10.8 Å². The zero-order valence-corrected chi connectivity index (χ0v) is 23.0. The Kier molecular flexibility index (Phi) is 7.43. The summed E-state index contributed by atoms with van der Waals surface area (Å²) in [6.07, 6.45) is 5.64. The number of primary amides is 1. The Balaban J connectivity index is 1.64.